The predicted molar refractivity (Wildman–Crippen MR) is 61.4 cm³/mol. The minimum Gasteiger partial charge on any atom is -0.479 e. The molecule has 0 saturated heterocycles. The van der Waals surface area contributed by atoms with Gasteiger partial charge >= 0.3 is 5.97 Å². The number of oxazole rings is 1. The van der Waals surface area contributed by atoms with Crippen LogP contribution in [-0.4, -0.2) is 41.2 Å². The van der Waals surface area contributed by atoms with E-state index in [0.29, 0.717) is 11.6 Å². The SMILES string of the molecule is COCC(C)(NC(=O)c1oc(C)nc1C)C(=O)O. The Bertz CT molecular complexity index is 468. The Balaban J connectivity index is 2.92. The zero-order valence-electron chi connectivity index (χ0n) is 10.7. The van der Waals surface area contributed by atoms with E-state index in [1.807, 2.05) is 0 Å². The number of rotatable bonds is 5. The molecule has 1 heterocycles. The molecule has 2 N–H and O–H groups in total. The summed E-state index contributed by atoms with van der Waals surface area (Å²) in [5, 5.41) is 11.5. The number of hydrogen-bond acceptors (Lipinski definition) is 5. The number of aliphatic carboxylic acids is 1. The van der Waals surface area contributed by atoms with Crippen LogP contribution in [0.15, 0.2) is 4.42 Å². The number of carboxylic acids is 1. The first-order valence-electron chi connectivity index (χ1n) is 5.29. The van der Waals surface area contributed by atoms with Crippen molar-refractivity contribution in [2.75, 3.05) is 13.7 Å². The second-order valence-electron chi connectivity index (χ2n) is 4.17. The van der Waals surface area contributed by atoms with E-state index in [4.69, 9.17) is 14.3 Å². The van der Waals surface area contributed by atoms with Crippen molar-refractivity contribution in [3.05, 3.63) is 17.3 Å². The second kappa shape index (κ2) is 5.18. The smallest absolute Gasteiger partial charge is 0.331 e. The Hall–Kier alpha value is -1.89. The molecule has 1 rings (SSSR count). The molecule has 0 bridgehead atoms. The lowest BCUT2D eigenvalue weighted by Gasteiger charge is -2.24. The maximum absolute atomic E-state index is 11.9. The number of aromatic nitrogens is 1. The Morgan fingerprint density at radius 3 is 2.50 bits per heavy atom. The fraction of sp³-hybridized carbons (Fsp3) is 0.545. The summed E-state index contributed by atoms with van der Waals surface area (Å²) in [5.74, 6) is -1.46. The number of nitrogens with one attached hydrogen (secondary N) is 1. The maximum Gasteiger partial charge on any atom is 0.331 e. The van der Waals surface area contributed by atoms with Crippen LogP contribution in [0.4, 0.5) is 0 Å². The number of hydrogen-bond donors (Lipinski definition) is 2. The van der Waals surface area contributed by atoms with Crippen molar-refractivity contribution in [2.24, 2.45) is 0 Å². The number of methoxy groups -OCH3 is 1. The van der Waals surface area contributed by atoms with Gasteiger partial charge in [0.05, 0.1) is 12.3 Å². The first-order chi connectivity index (χ1) is 8.30. The number of carbonyl (C=O) groups excluding carboxylic acids is 1. The van der Waals surface area contributed by atoms with Gasteiger partial charge in [-0.15, -0.1) is 0 Å². The number of amides is 1. The highest BCUT2D eigenvalue weighted by Gasteiger charge is 2.36. The predicted octanol–water partition coefficient (Wildman–Crippen LogP) is 0.511. The van der Waals surface area contributed by atoms with Crippen LogP contribution in [0.1, 0.15) is 29.1 Å². The first kappa shape index (κ1) is 14.2. The number of aryl methyl sites for hydroxylation is 2. The zero-order valence-corrected chi connectivity index (χ0v) is 10.7. The van der Waals surface area contributed by atoms with E-state index in [1.54, 1.807) is 13.8 Å². The molecule has 7 nitrogen and oxygen atoms in total. The molecule has 0 saturated carbocycles. The van der Waals surface area contributed by atoms with Gasteiger partial charge < -0.3 is 19.6 Å². The Morgan fingerprint density at radius 2 is 2.11 bits per heavy atom. The van der Waals surface area contributed by atoms with E-state index in [2.05, 4.69) is 10.3 Å². The lowest BCUT2D eigenvalue weighted by Crippen LogP contribution is -2.55. The fourth-order valence-corrected chi connectivity index (χ4v) is 1.49. The Kier molecular flexibility index (Phi) is 4.07. The van der Waals surface area contributed by atoms with Crippen LogP contribution in [0.25, 0.3) is 0 Å². The average molecular weight is 256 g/mol. The van der Waals surface area contributed by atoms with Crippen LogP contribution in [0.5, 0.6) is 0 Å². The Labute approximate surface area is 104 Å². The summed E-state index contributed by atoms with van der Waals surface area (Å²) in [6.07, 6.45) is 0. The van der Waals surface area contributed by atoms with E-state index in [9.17, 15) is 9.59 Å². The molecule has 18 heavy (non-hydrogen) atoms. The molecule has 1 aromatic rings. The van der Waals surface area contributed by atoms with Crippen molar-refractivity contribution in [1.82, 2.24) is 10.3 Å². The van der Waals surface area contributed by atoms with Crippen LogP contribution < -0.4 is 5.32 Å². The van der Waals surface area contributed by atoms with Crippen LogP contribution in [-0.2, 0) is 9.53 Å². The molecule has 1 aromatic heterocycles. The third-order valence-corrected chi connectivity index (χ3v) is 2.40. The molecule has 0 aliphatic rings. The van der Waals surface area contributed by atoms with Crippen molar-refractivity contribution in [1.29, 1.82) is 0 Å². The standard InChI is InChI=1S/C11H16N2O5/c1-6-8(18-7(2)12-6)9(14)13-11(3,5-17-4)10(15)16/h5H2,1-4H3,(H,13,14)(H,15,16). The van der Waals surface area contributed by atoms with E-state index in [0.717, 1.165) is 0 Å². The molecular formula is C11H16N2O5. The number of ether oxygens (including phenoxy) is 1. The van der Waals surface area contributed by atoms with Crippen LogP contribution in [0, 0.1) is 13.8 Å². The second-order valence-corrected chi connectivity index (χ2v) is 4.17. The molecule has 1 unspecified atom stereocenters. The Morgan fingerprint density at radius 1 is 1.50 bits per heavy atom. The van der Waals surface area contributed by atoms with Gasteiger partial charge in [-0.25, -0.2) is 9.78 Å². The summed E-state index contributed by atoms with van der Waals surface area (Å²) >= 11 is 0. The lowest BCUT2D eigenvalue weighted by molar-refractivity contribution is -0.145. The minimum absolute atomic E-state index is 0.0103. The molecule has 1 amide bonds. The van der Waals surface area contributed by atoms with Crippen molar-refractivity contribution >= 4 is 11.9 Å². The molecule has 0 aliphatic heterocycles. The molecule has 1 atom stereocenters. The monoisotopic (exact) mass is 256 g/mol. The summed E-state index contributed by atoms with van der Waals surface area (Å²) < 4.78 is 9.92. The third kappa shape index (κ3) is 2.86. The topological polar surface area (TPSA) is 102 Å². The van der Waals surface area contributed by atoms with Gasteiger partial charge in [0.25, 0.3) is 5.91 Å². The van der Waals surface area contributed by atoms with Gasteiger partial charge in [-0.2, -0.15) is 0 Å². The van der Waals surface area contributed by atoms with E-state index in [-0.39, 0.29) is 12.4 Å². The lowest BCUT2D eigenvalue weighted by atomic mass is 10.0. The molecule has 0 radical (unpaired) electrons. The summed E-state index contributed by atoms with van der Waals surface area (Å²) in [6, 6.07) is 0. The van der Waals surface area contributed by atoms with Gasteiger partial charge in [0, 0.05) is 14.0 Å². The summed E-state index contributed by atoms with van der Waals surface area (Å²) in [5.41, 5.74) is -1.10. The molecule has 0 fully saturated rings. The molecule has 100 valence electrons. The molecule has 0 spiro atoms. The highest BCUT2D eigenvalue weighted by molar-refractivity contribution is 5.96. The van der Waals surface area contributed by atoms with Gasteiger partial charge in [0.15, 0.2) is 11.4 Å². The van der Waals surface area contributed by atoms with Crippen molar-refractivity contribution < 1.29 is 23.8 Å². The van der Waals surface area contributed by atoms with Gasteiger partial charge in [-0.05, 0) is 13.8 Å². The van der Waals surface area contributed by atoms with E-state index < -0.39 is 17.4 Å². The quantitative estimate of drug-likeness (QED) is 0.796. The molecule has 0 aromatic carbocycles. The van der Waals surface area contributed by atoms with Gasteiger partial charge in [-0.3, -0.25) is 4.79 Å². The van der Waals surface area contributed by atoms with Crippen molar-refractivity contribution in [2.45, 2.75) is 26.3 Å². The minimum atomic E-state index is -1.51. The molecule has 7 heteroatoms. The van der Waals surface area contributed by atoms with Crippen LogP contribution in [0.2, 0.25) is 0 Å². The van der Waals surface area contributed by atoms with Gasteiger partial charge in [-0.1, -0.05) is 0 Å². The highest BCUT2D eigenvalue weighted by Crippen LogP contribution is 2.12. The van der Waals surface area contributed by atoms with E-state index in [1.165, 1.54) is 14.0 Å². The first-order valence-corrected chi connectivity index (χ1v) is 5.29. The van der Waals surface area contributed by atoms with Crippen LogP contribution >= 0.6 is 0 Å². The van der Waals surface area contributed by atoms with Gasteiger partial charge in [0.2, 0.25) is 5.76 Å². The highest BCUT2D eigenvalue weighted by atomic mass is 16.5. The number of carbonyl (C=O) groups is 2. The number of carboxylic acid groups (broad SMARTS) is 1. The van der Waals surface area contributed by atoms with Crippen molar-refractivity contribution in [3.63, 3.8) is 0 Å². The van der Waals surface area contributed by atoms with Gasteiger partial charge in [0.1, 0.15) is 0 Å². The summed E-state index contributed by atoms with van der Waals surface area (Å²) in [6.45, 7) is 4.42. The molecular weight excluding hydrogens is 240 g/mol. The van der Waals surface area contributed by atoms with Crippen LogP contribution in [0.3, 0.4) is 0 Å². The summed E-state index contributed by atoms with van der Waals surface area (Å²) in [7, 11) is 1.36. The fourth-order valence-electron chi connectivity index (χ4n) is 1.49. The molecule has 0 aliphatic carbocycles. The third-order valence-electron chi connectivity index (χ3n) is 2.40. The van der Waals surface area contributed by atoms with E-state index >= 15 is 0 Å². The zero-order chi connectivity index (χ0) is 13.9. The maximum atomic E-state index is 11.9. The normalized spacial score (nSPS) is 14.0. The number of nitrogens with zero attached hydrogens (tertiary/aromatic N) is 1. The average Bonchev–Trinajstić information content (AvgIpc) is 2.57. The summed E-state index contributed by atoms with van der Waals surface area (Å²) in [4.78, 5) is 27.0. The van der Waals surface area contributed by atoms with Crippen molar-refractivity contribution in [3.8, 4) is 0 Å². The largest absolute Gasteiger partial charge is 0.479 e.